The van der Waals surface area contributed by atoms with Crippen molar-refractivity contribution in [3.8, 4) is 0 Å². The van der Waals surface area contributed by atoms with Crippen LogP contribution in [-0.2, 0) is 5.11 Å². The monoisotopic (exact) mass is 718 g/mol. The summed E-state index contributed by atoms with van der Waals surface area (Å²) in [7, 11) is 0. The first-order chi connectivity index (χ1) is 11.2. The van der Waals surface area contributed by atoms with E-state index in [0.717, 1.165) is 0 Å². The molecule has 161 valence electrons. The minimum absolute atomic E-state index is 3.02. The van der Waals surface area contributed by atoms with E-state index >= 15 is 0 Å². The molecule has 0 atom stereocenters. The smallest absolute Gasteiger partial charge is 0.205 e. The minimum Gasteiger partial charge on any atom is -0.205 e. The van der Waals surface area contributed by atoms with Gasteiger partial charge in [0.1, 0.15) is 0 Å². The molecule has 0 bridgehead atoms. The van der Waals surface area contributed by atoms with E-state index in [4.69, 9.17) is 197 Å². The van der Waals surface area contributed by atoms with Gasteiger partial charge in [-0.15, -0.1) is 0 Å². The fraction of sp³-hybridized carbons (Fsp3) is 1.00. The zero-order valence-corrected chi connectivity index (χ0v) is 24.2. The van der Waals surface area contributed by atoms with Crippen LogP contribution in [0, 0.1) is 0 Å². The summed E-state index contributed by atoms with van der Waals surface area (Å²) in [5.74, 6) is 0. The molecule has 1 aliphatic carbocycles. The molecule has 18 heteroatoms. The van der Waals surface area contributed by atoms with Gasteiger partial charge in [-0.05, 0) is 0 Å². The summed E-state index contributed by atoms with van der Waals surface area (Å²) in [6.07, 6.45) is 0. The van der Waals surface area contributed by atoms with E-state index in [9.17, 15) is 5.11 Å². The zero-order valence-electron chi connectivity index (χ0n) is 11.3. The van der Waals surface area contributed by atoms with Crippen molar-refractivity contribution < 1.29 is 5.11 Å². The van der Waals surface area contributed by atoms with Gasteiger partial charge in [0.05, 0.1) is 0 Å². The molecule has 0 spiro atoms. The van der Waals surface area contributed by atoms with E-state index in [1.807, 2.05) is 0 Å². The lowest BCUT2D eigenvalue weighted by atomic mass is 10.0. The molecule has 1 rings (SSSR count). The highest BCUT2D eigenvalue weighted by atomic mass is 35.6. The van der Waals surface area contributed by atoms with Gasteiger partial charge in [0.2, 0.25) is 13.7 Å². The Kier molecular flexibility index (Phi) is 8.82. The van der Waals surface area contributed by atoms with Gasteiger partial charge in [-0.2, -0.15) is 0 Å². The minimum atomic E-state index is -3.67. The van der Waals surface area contributed by atoms with E-state index in [1.54, 1.807) is 0 Å². The van der Waals surface area contributed by atoms with E-state index in [0.29, 0.717) is 0 Å². The average Bonchev–Trinajstić information content (AvgIpc) is 2.44. The van der Waals surface area contributed by atoms with E-state index in [2.05, 4.69) is 0 Å². The molecule has 0 unspecified atom stereocenters. The molecule has 0 aromatic rings. The van der Waals surface area contributed by atoms with Crippen molar-refractivity contribution in [2.24, 2.45) is 0 Å². The first-order valence-electron chi connectivity index (χ1n) is 5.67. The van der Waals surface area contributed by atoms with Gasteiger partial charge in [-0.25, -0.2) is 5.11 Å². The first-order valence-corrected chi connectivity index (χ1v) is 12.1. The summed E-state index contributed by atoms with van der Waals surface area (Å²) in [6.45, 7) is 0. The molecular weight excluding hydrogens is 727 g/mol. The number of rotatable bonds is 0. The highest BCUT2D eigenvalue weighted by molar-refractivity contribution is 6.82. The highest BCUT2D eigenvalue weighted by Crippen LogP contribution is 2.77. The van der Waals surface area contributed by atoms with Crippen LogP contribution < -0.4 is 0 Å². The second-order valence-electron chi connectivity index (χ2n) is 5.19. The third kappa shape index (κ3) is 3.49. The quantitative estimate of drug-likeness (QED) is 0.222. The average molecular weight is 727 g/mol. The molecule has 0 amide bonds. The van der Waals surface area contributed by atoms with Gasteiger partial charge in [-0.3, -0.25) is 0 Å². The number of halogens is 17. The molecule has 0 N–H and O–H groups in total. The molecule has 1 radical (unpaired) electrons. The summed E-state index contributed by atoms with van der Waals surface area (Å²) in [5, 5.41) is 9.61. The lowest BCUT2D eigenvalue weighted by Gasteiger charge is -2.51. The Balaban J connectivity index is 4.27. The fourth-order valence-electron chi connectivity index (χ4n) is 1.78. The molecule has 1 aliphatic rings. The van der Waals surface area contributed by atoms with Gasteiger partial charge < -0.3 is 0 Å². The van der Waals surface area contributed by atoms with Gasteiger partial charge in [0, 0.05) is 0 Å². The van der Waals surface area contributed by atoms with Crippen molar-refractivity contribution >= 4 is 197 Å². The second kappa shape index (κ2) is 7.96. The van der Waals surface area contributed by atoms with Crippen LogP contribution in [0.5, 0.6) is 0 Å². The maximum absolute atomic E-state index is 13.3. The molecule has 0 aliphatic heterocycles. The third-order valence-electron chi connectivity index (χ3n) is 3.57. The van der Waals surface area contributed by atoms with Crippen LogP contribution in [0.15, 0.2) is 0 Å². The molecule has 27 heavy (non-hydrogen) atoms. The van der Waals surface area contributed by atoms with Gasteiger partial charge >= 0.3 is 0 Å². The molecule has 1 fully saturated rings. The highest BCUT2D eigenvalue weighted by Gasteiger charge is 2.89. The molecule has 0 aromatic heterocycles. The predicted molar refractivity (Wildman–Crippen MR) is 125 cm³/mol. The van der Waals surface area contributed by atoms with E-state index < -0.39 is 39.7 Å². The largest absolute Gasteiger partial charge is 0.247 e. The SMILES string of the molecule is [O]C1(Cl)C(Cl)(Cl)C(Cl)(Cl)C(Cl)(Cl)C(Cl)(Cl)C(Cl)(Cl)C(Cl)(Cl)C(Cl)(Cl)C1(Cl)Cl. The number of hydrogen-bond donors (Lipinski definition) is 0. The normalized spacial score (nSPS) is 34.0. The lowest BCUT2D eigenvalue weighted by Crippen LogP contribution is -2.69. The second-order valence-corrected chi connectivity index (χ2v) is 16.3. The van der Waals surface area contributed by atoms with Crippen molar-refractivity contribution in [3.63, 3.8) is 0 Å². The Morgan fingerprint density at radius 2 is 0.370 bits per heavy atom. The van der Waals surface area contributed by atoms with Gasteiger partial charge in [0.15, 0.2) is 26.0 Å². The lowest BCUT2D eigenvalue weighted by molar-refractivity contribution is 0.00894. The molecule has 0 saturated heterocycles. The molecule has 1 saturated carbocycles. The Morgan fingerprint density at radius 3 is 0.519 bits per heavy atom. The van der Waals surface area contributed by atoms with Crippen LogP contribution in [0.4, 0.5) is 0 Å². The summed E-state index contributed by atoms with van der Waals surface area (Å²) in [5.41, 5.74) is 0. The summed E-state index contributed by atoms with van der Waals surface area (Å²) in [4.78, 5) is 0. The van der Waals surface area contributed by atoms with E-state index in [1.165, 1.54) is 0 Å². The molecule has 1 nitrogen and oxygen atoms in total. The number of hydrogen-bond acceptors (Lipinski definition) is 0. The van der Waals surface area contributed by atoms with Crippen molar-refractivity contribution in [1.29, 1.82) is 0 Å². The van der Waals surface area contributed by atoms with Gasteiger partial charge in [0.25, 0.3) is 0 Å². The summed E-state index contributed by atoms with van der Waals surface area (Å²) >= 11 is 103. The van der Waals surface area contributed by atoms with Crippen LogP contribution >= 0.6 is 197 Å². The van der Waals surface area contributed by atoms with E-state index in [-0.39, 0.29) is 0 Å². The fourth-order valence-corrected chi connectivity index (χ4v) is 8.12. The standard InChI is InChI=1S/C9Cl17O/c10-1(11)2(12,13)4(16,17)6(20,21)8(24,25)9(26,27)7(22,23)5(18,19)3(1,14)15. The summed E-state index contributed by atoms with van der Waals surface area (Å²) in [6, 6.07) is 0. The topological polar surface area (TPSA) is 19.9 Å². The molecular formula is C9Cl17O. The number of alkyl halides is 17. The molecule has 0 heterocycles. The van der Waals surface area contributed by atoms with Crippen LogP contribution in [0.3, 0.4) is 0 Å². The van der Waals surface area contributed by atoms with Crippen LogP contribution in [0.25, 0.3) is 0 Å². The maximum Gasteiger partial charge on any atom is 0.247 e. The van der Waals surface area contributed by atoms with Crippen LogP contribution in [-0.4, -0.2) is 39.7 Å². The Morgan fingerprint density at radius 1 is 0.259 bits per heavy atom. The van der Waals surface area contributed by atoms with Gasteiger partial charge in [-0.1, -0.05) is 197 Å². The summed E-state index contributed by atoms with van der Waals surface area (Å²) < 4.78 is -24.9. The Hall–Kier alpha value is 4.89. The zero-order chi connectivity index (χ0) is 22.5. The Labute approximate surface area is 239 Å². The molecule has 0 aromatic carbocycles. The predicted octanol–water partition coefficient (Wildman–Crippen LogP) is 9.76. The first kappa shape index (κ1) is 29.9. The van der Waals surface area contributed by atoms with Crippen molar-refractivity contribution in [2.45, 2.75) is 39.7 Å². The third-order valence-corrected chi connectivity index (χ3v) is 16.2. The van der Waals surface area contributed by atoms with Crippen molar-refractivity contribution in [2.75, 3.05) is 0 Å². The van der Waals surface area contributed by atoms with Crippen molar-refractivity contribution in [1.82, 2.24) is 0 Å². The Bertz CT molecular complexity index is 409. The maximum atomic E-state index is 13.3. The van der Waals surface area contributed by atoms with Crippen molar-refractivity contribution in [3.05, 3.63) is 0 Å². The van der Waals surface area contributed by atoms with Crippen LogP contribution in [0.2, 0.25) is 0 Å². The van der Waals surface area contributed by atoms with Crippen LogP contribution in [0.1, 0.15) is 0 Å².